The Hall–Kier alpha value is -2.63. The fraction of sp³-hybridized carbons (Fsp3) is 0.476. The summed E-state index contributed by atoms with van der Waals surface area (Å²) in [5.74, 6) is 1.00. The Morgan fingerprint density at radius 1 is 1.15 bits per heavy atom. The van der Waals surface area contributed by atoms with Crippen molar-refractivity contribution in [3.05, 3.63) is 47.8 Å². The van der Waals surface area contributed by atoms with Gasteiger partial charge in [-0.05, 0) is 42.9 Å². The number of benzene rings is 1. The number of fused-ring (bicyclic) bond motifs is 1. The lowest BCUT2D eigenvalue weighted by Crippen LogP contribution is -2.37. The van der Waals surface area contributed by atoms with Crippen LogP contribution in [0.4, 0.5) is 5.69 Å². The molecule has 142 valence electrons. The molecular formula is C21H26N4O2. The second-order valence-electron chi connectivity index (χ2n) is 7.82. The second kappa shape index (κ2) is 7.18. The molecule has 6 heteroatoms. The average Bonchev–Trinajstić information content (AvgIpc) is 3.36. The van der Waals surface area contributed by atoms with Crippen molar-refractivity contribution < 1.29 is 9.59 Å². The fourth-order valence-corrected chi connectivity index (χ4v) is 3.74. The third-order valence-electron chi connectivity index (χ3n) is 5.52. The van der Waals surface area contributed by atoms with E-state index in [9.17, 15) is 9.59 Å². The van der Waals surface area contributed by atoms with Crippen LogP contribution in [-0.4, -0.2) is 47.1 Å². The molecule has 1 atom stereocenters. The van der Waals surface area contributed by atoms with Crippen molar-refractivity contribution in [3.8, 4) is 0 Å². The Morgan fingerprint density at radius 2 is 1.93 bits per heavy atom. The molecule has 1 fully saturated rings. The minimum Gasteiger partial charge on any atom is -0.347 e. The van der Waals surface area contributed by atoms with Gasteiger partial charge in [0, 0.05) is 44.9 Å². The summed E-state index contributed by atoms with van der Waals surface area (Å²) in [6.07, 6.45) is 5.76. The topological polar surface area (TPSA) is 58.4 Å². The van der Waals surface area contributed by atoms with E-state index in [4.69, 9.17) is 0 Å². The molecule has 1 unspecified atom stereocenters. The minimum absolute atomic E-state index is 0.0190. The smallest absolute Gasteiger partial charge is 0.243 e. The molecule has 6 nitrogen and oxygen atoms in total. The Labute approximate surface area is 159 Å². The van der Waals surface area contributed by atoms with E-state index < -0.39 is 0 Å². The van der Waals surface area contributed by atoms with Crippen molar-refractivity contribution in [2.24, 2.45) is 5.92 Å². The SMILES string of the molecule is CN(C)C(=O)Cn1ccc(C2CCN(C(=O)CC3CC3)c3ccccc32)n1. The Kier molecular flexibility index (Phi) is 4.72. The standard InChI is InChI=1S/C21H26N4O2/c1-23(2)21(27)14-24-11-10-18(22-24)16-9-12-25(20(26)13-15-7-8-15)19-6-4-3-5-17(16)19/h3-6,10-11,15-16H,7-9,12-14H2,1-2H3. The van der Waals surface area contributed by atoms with Crippen molar-refractivity contribution >= 4 is 17.5 Å². The highest BCUT2D eigenvalue weighted by atomic mass is 16.2. The summed E-state index contributed by atoms with van der Waals surface area (Å²) in [4.78, 5) is 28.2. The first-order chi connectivity index (χ1) is 13.0. The molecular weight excluding hydrogens is 340 g/mol. The summed E-state index contributed by atoms with van der Waals surface area (Å²) in [6.45, 7) is 0.962. The summed E-state index contributed by atoms with van der Waals surface area (Å²) in [6, 6.07) is 10.1. The molecule has 0 N–H and O–H groups in total. The molecule has 2 heterocycles. The molecule has 0 spiro atoms. The van der Waals surface area contributed by atoms with Crippen LogP contribution in [-0.2, 0) is 16.1 Å². The quantitative estimate of drug-likeness (QED) is 0.817. The van der Waals surface area contributed by atoms with Crippen LogP contribution in [0.25, 0.3) is 0 Å². The number of amides is 2. The maximum absolute atomic E-state index is 12.7. The van der Waals surface area contributed by atoms with Gasteiger partial charge in [0.25, 0.3) is 0 Å². The Morgan fingerprint density at radius 3 is 2.67 bits per heavy atom. The van der Waals surface area contributed by atoms with Gasteiger partial charge in [-0.3, -0.25) is 14.3 Å². The molecule has 2 aliphatic rings. The monoisotopic (exact) mass is 366 g/mol. The van der Waals surface area contributed by atoms with E-state index in [0.29, 0.717) is 12.3 Å². The summed E-state index contributed by atoms with van der Waals surface area (Å²) in [7, 11) is 3.49. The summed E-state index contributed by atoms with van der Waals surface area (Å²) in [5, 5.41) is 4.65. The molecule has 2 amide bonds. The zero-order valence-corrected chi connectivity index (χ0v) is 16.0. The van der Waals surface area contributed by atoms with Gasteiger partial charge in [0.05, 0.1) is 5.69 Å². The van der Waals surface area contributed by atoms with Gasteiger partial charge in [0.1, 0.15) is 6.54 Å². The second-order valence-corrected chi connectivity index (χ2v) is 7.82. The van der Waals surface area contributed by atoms with E-state index in [0.717, 1.165) is 29.9 Å². The van der Waals surface area contributed by atoms with Gasteiger partial charge in [-0.15, -0.1) is 0 Å². The van der Waals surface area contributed by atoms with Gasteiger partial charge in [0.15, 0.2) is 0 Å². The Balaban J connectivity index is 1.56. The van der Waals surface area contributed by atoms with Crippen LogP contribution in [0.2, 0.25) is 0 Å². The molecule has 0 bridgehead atoms. The first-order valence-electron chi connectivity index (χ1n) is 9.65. The lowest BCUT2D eigenvalue weighted by atomic mass is 9.87. The molecule has 1 aromatic heterocycles. The molecule has 4 rings (SSSR count). The van der Waals surface area contributed by atoms with Crippen molar-refractivity contribution in [3.63, 3.8) is 0 Å². The van der Waals surface area contributed by atoms with E-state index >= 15 is 0 Å². The molecule has 1 aliphatic heterocycles. The molecule has 1 aliphatic carbocycles. The average molecular weight is 366 g/mol. The Bertz CT molecular complexity index is 853. The van der Waals surface area contributed by atoms with Crippen molar-refractivity contribution in [2.75, 3.05) is 25.5 Å². The zero-order valence-electron chi connectivity index (χ0n) is 16.0. The number of carbonyl (C=O) groups is 2. The van der Waals surface area contributed by atoms with Gasteiger partial charge >= 0.3 is 0 Å². The normalized spacial score (nSPS) is 18.9. The molecule has 2 aromatic rings. The minimum atomic E-state index is 0.0190. The van der Waals surface area contributed by atoms with Crippen LogP contribution in [0.3, 0.4) is 0 Å². The van der Waals surface area contributed by atoms with Gasteiger partial charge in [-0.25, -0.2) is 0 Å². The van der Waals surface area contributed by atoms with E-state index in [1.807, 2.05) is 35.4 Å². The van der Waals surface area contributed by atoms with Crippen LogP contribution in [0.15, 0.2) is 36.5 Å². The van der Waals surface area contributed by atoms with Gasteiger partial charge in [-0.1, -0.05) is 18.2 Å². The molecule has 0 radical (unpaired) electrons. The summed E-state index contributed by atoms with van der Waals surface area (Å²) in [5.41, 5.74) is 3.12. The third-order valence-corrected chi connectivity index (χ3v) is 5.52. The number of rotatable bonds is 5. The fourth-order valence-electron chi connectivity index (χ4n) is 3.74. The summed E-state index contributed by atoms with van der Waals surface area (Å²) >= 11 is 0. The van der Waals surface area contributed by atoms with E-state index in [-0.39, 0.29) is 24.3 Å². The van der Waals surface area contributed by atoms with Gasteiger partial charge in [0.2, 0.25) is 11.8 Å². The number of likely N-dealkylation sites (N-methyl/N-ethyl adjacent to an activating group) is 1. The predicted octanol–water partition coefficient (Wildman–Crippen LogP) is 2.64. The number of carbonyl (C=O) groups excluding carboxylic acids is 2. The predicted molar refractivity (Wildman–Crippen MR) is 104 cm³/mol. The number of para-hydroxylation sites is 1. The number of nitrogens with zero attached hydrogens (tertiary/aromatic N) is 4. The van der Waals surface area contributed by atoms with E-state index in [2.05, 4.69) is 11.2 Å². The van der Waals surface area contributed by atoms with E-state index in [1.165, 1.54) is 12.8 Å². The maximum Gasteiger partial charge on any atom is 0.243 e. The molecule has 27 heavy (non-hydrogen) atoms. The third kappa shape index (κ3) is 3.75. The lowest BCUT2D eigenvalue weighted by Gasteiger charge is -2.34. The number of aromatic nitrogens is 2. The van der Waals surface area contributed by atoms with Gasteiger partial charge in [-0.2, -0.15) is 5.10 Å². The maximum atomic E-state index is 12.7. The first-order valence-corrected chi connectivity index (χ1v) is 9.65. The van der Waals surface area contributed by atoms with Crippen molar-refractivity contribution in [1.29, 1.82) is 0 Å². The largest absolute Gasteiger partial charge is 0.347 e. The first kappa shape index (κ1) is 17.8. The molecule has 1 aromatic carbocycles. The highest BCUT2D eigenvalue weighted by Gasteiger charge is 2.33. The van der Waals surface area contributed by atoms with E-state index in [1.54, 1.807) is 23.7 Å². The number of anilines is 1. The highest BCUT2D eigenvalue weighted by molar-refractivity contribution is 5.95. The number of hydrogen-bond donors (Lipinski definition) is 0. The van der Waals surface area contributed by atoms with Gasteiger partial charge < -0.3 is 9.80 Å². The summed E-state index contributed by atoms with van der Waals surface area (Å²) < 4.78 is 1.70. The van der Waals surface area contributed by atoms with Crippen molar-refractivity contribution in [1.82, 2.24) is 14.7 Å². The zero-order chi connectivity index (χ0) is 19.0. The highest BCUT2D eigenvalue weighted by Crippen LogP contribution is 2.40. The molecule has 1 saturated carbocycles. The van der Waals surface area contributed by atoms with Crippen LogP contribution < -0.4 is 4.90 Å². The van der Waals surface area contributed by atoms with Crippen molar-refractivity contribution in [2.45, 2.75) is 38.1 Å². The van der Waals surface area contributed by atoms with Crippen LogP contribution in [0, 0.1) is 5.92 Å². The number of hydrogen-bond acceptors (Lipinski definition) is 3. The molecule has 0 saturated heterocycles. The van der Waals surface area contributed by atoms with Crippen LogP contribution >= 0.6 is 0 Å². The lowest BCUT2D eigenvalue weighted by molar-refractivity contribution is -0.129. The van der Waals surface area contributed by atoms with Crippen LogP contribution in [0.5, 0.6) is 0 Å². The van der Waals surface area contributed by atoms with Crippen LogP contribution in [0.1, 0.15) is 42.9 Å².